The van der Waals surface area contributed by atoms with Crippen molar-refractivity contribution < 1.29 is 27.4 Å². The van der Waals surface area contributed by atoms with Gasteiger partial charge < -0.3 is 9.47 Å². The maximum Gasteiger partial charge on any atom is 0.411 e. The first-order valence-electron chi connectivity index (χ1n) is 6.17. The average molecular weight is 270 g/mol. The topological polar surface area (TPSA) is 35.5 Å². The quantitative estimate of drug-likeness (QED) is 0.450. The predicted molar refractivity (Wildman–Crippen MR) is 61.2 cm³/mol. The second-order valence-electron chi connectivity index (χ2n) is 4.12. The molecule has 0 heterocycles. The summed E-state index contributed by atoms with van der Waals surface area (Å²) in [5.41, 5.74) is 0. The van der Waals surface area contributed by atoms with Gasteiger partial charge in [0.25, 0.3) is 0 Å². The molecule has 0 N–H and O–H groups in total. The van der Waals surface area contributed by atoms with Crippen LogP contribution < -0.4 is 0 Å². The molecule has 0 aromatic carbocycles. The third kappa shape index (κ3) is 13.3. The van der Waals surface area contributed by atoms with E-state index in [1.54, 1.807) is 0 Å². The van der Waals surface area contributed by atoms with E-state index in [1.807, 2.05) is 0 Å². The Morgan fingerprint density at radius 3 is 2.11 bits per heavy atom. The zero-order chi connectivity index (χ0) is 13.9. The second kappa shape index (κ2) is 10.2. The number of carbonyl (C=O) groups excluding carboxylic acids is 1. The molecule has 6 heteroatoms. The van der Waals surface area contributed by atoms with Gasteiger partial charge in [-0.25, -0.2) is 0 Å². The maximum atomic E-state index is 11.7. The highest BCUT2D eigenvalue weighted by molar-refractivity contribution is 5.68. The van der Waals surface area contributed by atoms with Gasteiger partial charge in [-0.3, -0.25) is 4.79 Å². The molecule has 0 spiro atoms. The number of ether oxygens (including phenoxy) is 2. The lowest BCUT2D eigenvalue weighted by molar-refractivity contribution is -0.174. The van der Waals surface area contributed by atoms with Crippen LogP contribution in [0.3, 0.4) is 0 Å². The lowest BCUT2D eigenvalue weighted by Gasteiger charge is -2.07. The molecule has 0 rings (SSSR count). The molecular formula is C12H21F3O3. The zero-order valence-corrected chi connectivity index (χ0v) is 10.7. The normalized spacial score (nSPS) is 11.6. The van der Waals surface area contributed by atoms with Crippen molar-refractivity contribution in [3.8, 4) is 0 Å². The number of alkyl halides is 3. The fourth-order valence-corrected chi connectivity index (χ4v) is 1.47. The summed E-state index contributed by atoms with van der Waals surface area (Å²) < 4.78 is 44.1. The Bertz CT molecular complexity index is 217. The Labute approximate surface area is 106 Å². The number of hydrogen-bond donors (Lipinski definition) is 0. The van der Waals surface area contributed by atoms with Gasteiger partial charge in [0, 0.05) is 13.0 Å². The Morgan fingerprint density at radius 2 is 1.56 bits per heavy atom. The van der Waals surface area contributed by atoms with E-state index in [0.717, 1.165) is 32.1 Å². The molecule has 0 unspecified atom stereocenters. The van der Waals surface area contributed by atoms with Crippen LogP contribution in [-0.2, 0) is 14.3 Å². The van der Waals surface area contributed by atoms with Gasteiger partial charge in [-0.15, -0.1) is 0 Å². The molecule has 0 aliphatic rings. The molecule has 0 aromatic rings. The summed E-state index contributed by atoms with van der Waals surface area (Å²) >= 11 is 0. The van der Waals surface area contributed by atoms with Gasteiger partial charge in [0.1, 0.15) is 6.61 Å². The minimum absolute atomic E-state index is 0.154. The molecule has 0 saturated heterocycles. The van der Waals surface area contributed by atoms with Crippen LogP contribution in [0.25, 0.3) is 0 Å². The molecule has 0 aromatic heterocycles. The average Bonchev–Trinajstić information content (AvgIpc) is 2.29. The van der Waals surface area contributed by atoms with Gasteiger partial charge in [0.2, 0.25) is 0 Å². The van der Waals surface area contributed by atoms with Crippen LogP contribution in [0.1, 0.15) is 44.9 Å². The summed E-state index contributed by atoms with van der Waals surface area (Å²) in [5.74, 6) is -0.199. The summed E-state index contributed by atoms with van der Waals surface area (Å²) in [5, 5.41) is 0. The minimum atomic E-state index is -4.23. The number of methoxy groups -OCH3 is 1. The van der Waals surface area contributed by atoms with Crippen molar-refractivity contribution in [1.29, 1.82) is 0 Å². The van der Waals surface area contributed by atoms with E-state index >= 15 is 0 Å². The molecule has 0 saturated carbocycles. The van der Waals surface area contributed by atoms with E-state index in [2.05, 4.69) is 9.47 Å². The highest BCUT2D eigenvalue weighted by Crippen LogP contribution is 2.15. The first kappa shape index (κ1) is 17.2. The van der Waals surface area contributed by atoms with Crippen LogP contribution in [-0.4, -0.2) is 32.5 Å². The van der Waals surface area contributed by atoms with Gasteiger partial charge in [0.15, 0.2) is 0 Å². The molecule has 0 aliphatic heterocycles. The van der Waals surface area contributed by atoms with Crippen molar-refractivity contribution in [3.05, 3.63) is 0 Å². The van der Waals surface area contributed by atoms with Gasteiger partial charge in [-0.1, -0.05) is 25.7 Å². The minimum Gasteiger partial charge on any atom is -0.469 e. The van der Waals surface area contributed by atoms with E-state index in [0.29, 0.717) is 12.8 Å². The molecule has 0 amide bonds. The first-order chi connectivity index (χ1) is 8.45. The largest absolute Gasteiger partial charge is 0.469 e. The summed E-state index contributed by atoms with van der Waals surface area (Å²) in [6.07, 6.45) is 1.39. The summed E-state index contributed by atoms with van der Waals surface area (Å²) in [4.78, 5) is 10.8. The van der Waals surface area contributed by atoms with Crippen LogP contribution in [0.4, 0.5) is 13.2 Å². The Hall–Kier alpha value is -0.780. The molecule has 0 atom stereocenters. The van der Waals surface area contributed by atoms with Crippen molar-refractivity contribution in [3.63, 3.8) is 0 Å². The smallest absolute Gasteiger partial charge is 0.411 e. The Balaban J connectivity index is 3.10. The van der Waals surface area contributed by atoms with Crippen molar-refractivity contribution >= 4 is 5.97 Å². The third-order valence-corrected chi connectivity index (χ3v) is 2.41. The van der Waals surface area contributed by atoms with Crippen LogP contribution in [0, 0.1) is 0 Å². The van der Waals surface area contributed by atoms with Crippen LogP contribution >= 0.6 is 0 Å². The highest BCUT2D eigenvalue weighted by atomic mass is 19.4. The fraction of sp³-hybridized carbons (Fsp3) is 0.917. The van der Waals surface area contributed by atoms with E-state index in [-0.39, 0.29) is 12.6 Å². The summed E-state index contributed by atoms with van der Waals surface area (Å²) in [6, 6.07) is 0. The van der Waals surface area contributed by atoms with Crippen molar-refractivity contribution in [2.24, 2.45) is 0 Å². The van der Waals surface area contributed by atoms with Gasteiger partial charge in [0.05, 0.1) is 7.11 Å². The van der Waals surface area contributed by atoms with Crippen LogP contribution in [0.2, 0.25) is 0 Å². The predicted octanol–water partition coefficient (Wildman–Crippen LogP) is 3.47. The van der Waals surface area contributed by atoms with Gasteiger partial charge in [-0.05, 0) is 12.8 Å². The van der Waals surface area contributed by atoms with E-state index < -0.39 is 12.8 Å². The molecule has 3 nitrogen and oxygen atoms in total. The van der Waals surface area contributed by atoms with Crippen molar-refractivity contribution in [2.45, 2.75) is 51.1 Å². The molecule has 0 radical (unpaired) electrons. The van der Waals surface area contributed by atoms with E-state index in [1.165, 1.54) is 7.11 Å². The standard InChI is InChI=1S/C12H21F3O3/c1-17-11(16)8-6-4-2-3-5-7-9-18-10-12(13,14)15/h2-10H2,1H3. The van der Waals surface area contributed by atoms with Crippen LogP contribution in [0.15, 0.2) is 0 Å². The molecule has 18 heavy (non-hydrogen) atoms. The molecule has 108 valence electrons. The Morgan fingerprint density at radius 1 is 1.00 bits per heavy atom. The maximum absolute atomic E-state index is 11.7. The molecule has 0 aliphatic carbocycles. The summed E-state index contributed by atoms with van der Waals surface area (Å²) in [6.45, 7) is -1.01. The first-order valence-corrected chi connectivity index (χ1v) is 6.17. The van der Waals surface area contributed by atoms with E-state index in [9.17, 15) is 18.0 Å². The highest BCUT2D eigenvalue weighted by Gasteiger charge is 2.27. The van der Waals surface area contributed by atoms with Crippen LogP contribution in [0.5, 0.6) is 0 Å². The molecule has 0 bridgehead atoms. The number of rotatable bonds is 10. The monoisotopic (exact) mass is 270 g/mol. The van der Waals surface area contributed by atoms with Gasteiger partial charge in [-0.2, -0.15) is 13.2 Å². The third-order valence-electron chi connectivity index (χ3n) is 2.41. The number of halogens is 3. The Kier molecular flexibility index (Phi) is 9.73. The second-order valence-corrected chi connectivity index (χ2v) is 4.12. The fourth-order valence-electron chi connectivity index (χ4n) is 1.47. The molecule has 0 fully saturated rings. The summed E-state index contributed by atoms with van der Waals surface area (Å²) in [7, 11) is 1.36. The van der Waals surface area contributed by atoms with Crippen molar-refractivity contribution in [2.75, 3.05) is 20.3 Å². The number of hydrogen-bond acceptors (Lipinski definition) is 3. The van der Waals surface area contributed by atoms with Gasteiger partial charge >= 0.3 is 12.1 Å². The number of carbonyl (C=O) groups is 1. The number of esters is 1. The SMILES string of the molecule is COC(=O)CCCCCCCCOCC(F)(F)F. The lowest BCUT2D eigenvalue weighted by atomic mass is 10.1. The number of unbranched alkanes of at least 4 members (excludes halogenated alkanes) is 5. The van der Waals surface area contributed by atoms with Crippen molar-refractivity contribution in [1.82, 2.24) is 0 Å². The zero-order valence-electron chi connectivity index (χ0n) is 10.7. The molecular weight excluding hydrogens is 249 g/mol. The lowest BCUT2D eigenvalue weighted by Crippen LogP contribution is -2.17. The van der Waals surface area contributed by atoms with E-state index in [4.69, 9.17) is 0 Å².